The number of anilines is 2. The monoisotopic (exact) mass is 467 g/mol. The van der Waals surface area contributed by atoms with Gasteiger partial charge in [-0.3, -0.25) is 14.8 Å². The van der Waals surface area contributed by atoms with E-state index in [4.69, 9.17) is 4.74 Å². The lowest BCUT2D eigenvalue weighted by Crippen LogP contribution is -2.54. The molecule has 0 bridgehead atoms. The van der Waals surface area contributed by atoms with Crippen LogP contribution in [0.3, 0.4) is 0 Å². The second-order valence-corrected chi connectivity index (χ2v) is 8.14. The molecule has 0 unspecified atom stereocenters. The van der Waals surface area contributed by atoms with Crippen molar-refractivity contribution in [3.05, 3.63) is 78.0 Å². The first kappa shape index (κ1) is 21.7. The Hall–Kier alpha value is -4.08. The highest BCUT2D eigenvalue weighted by molar-refractivity contribution is 6.04. The standard InChI is InChI=1S/C24H20F3N5O2/c1-14-2-3-15(23(33)31-17-7-16(8-28-9-17)24(25,26)27)6-22(14)34-18-12-32(13-18)21-11-29-10-20-19(21)4-5-30-20/h2-11,18,30H,12-13H2,1H3,(H,31,33). The number of hydrogen-bond acceptors (Lipinski definition) is 5. The Bertz CT molecular complexity index is 1360. The Morgan fingerprint density at radius 3 is 2.71 bits per heavy atom. The minimum atomic E-state index is -4.54. The van der Waals surface area contributed by atoms with Crippen molar-refractivity contribution in [2.24, 2.45) is 0 Å². The summed E-state index contributed by atoms with van der Waals surface area (Å²) in [4.78, 5) is 25.8. The first-order chi connectivity index (χ1) is 16.3. The Balaban J connectivity index is 1.26. The van der Waals surface area contributed by atoms with Gasteiger partial charge in [-0.25, -0.2) is 0 Å². The smallest absolute Gasteiger partial charge is 0.417 e. The zero-order chi connectivity index (χ0) is 23.9. The van der Waals surface area contributed by atoms with Crippen LogP contribution in [-0.2, 0) is 6.18 Å². The number of aromatic nitrogens is 3. The van der Waals surface area contributed by atoms with Crippen LogP contribution in [0.5, 0.6) is 5.75 Å². The third-order valence-electron chi connectivity index (χ3n) is 5.71. The molecule has 1 aliphatic heterocycles. The third kappa shape index (κ3) is 4.26. The number of amides is 1. The third-order valence-corrected chi connectivity index (χ3v) is 5.71. The Morgan fingerprint density at radius 1 is 1.12 bits per heavy atom. The molecule has 1 amide bonds. The van der Waals surface area contributed by atoms with Gasteiger partial charge in [0.05, 0.1) is 54.1 Å². The van der Waals surface area contributed by atoms with Crippen LogP contribution in [0.1, 0.15) is 21.5 Å². The molecule has 3 aromatic heterocycles. The molecule has 0 saturated carbocycles. The van der Waals surface area contributed by atoms with Crippen molar-refractivity contribution in [3.8, 4) is 5.75 Å². The molecule has 0 radical (unpaired) electrons. The zero-order valence-electron chi connectivity index (χ0n) is 18.1. The van der Waals surface area contributed by atoms with E-state index in [1.807, 2.05) is 25.4 Å². The summed E-state index contributed by atoms with van der Waals surface area (Å²) in [7, 11) is 0. The number of halogens is 3. The number of aryl methyl sites for hydroxylation is 1. The Labute approximate surface area is 192 Å². The van der Waals surface area contributed by atoms with Crippen LogP contribution < -0.4 is 15.0 Å². The number of nitrogens with one attached hydrogen (secondary N) is 2. The number of nitrogens with zero attached hydrogens (tertiary/aromatic N) is 3. The molecule has 174 valence electrons. The summed E-state index contributed by atoms with van der Waals surface area (Å²) in [5, 5.41) is 3.56. The highest BCUT2D eigenvalue weighted by Gasteiger charge is 2.32. The molecule has 1 saturated heterocycles. The number of pyridine rings is 2. The second-order valence-electron chi connectivity index (χ2n) is 8.14. The number of rotatable bonds is 5. The molecule has 1 aliphatic rings. The topological polar surface area (TPSA) is 83.1 Å². The fourth-order valence-electron chi connectivity index (χ4n) is 3.84. The van der Waals surface area contributed by atoms with Gasteiger partial charge in [-0.15, -0.1) is 0 Å². The summed E-state index contributed by atoms with van der Waals surface area (Å²) in [6.45, 7) is 3.20. The molecular formula is C24H20F3N5O2. The molecule has 4 aromatic rings. The lowest BCUT2D eigenvalue weighted by molar-refractivity contribution is -0.137. The van der Waals surface area contributed by atoms with Crippen LogP contribution in [0.2, 0.25) is 0 Å². The number of hydrogen-bond donors (Lipinski definition) is 2. The maximum Gasteiger partial charge on any atom is 0.417 e. The van der Waals surface area contributed by atoms with Crippen molar-refractivity contribution in [1.29, 1.82) is 0 Å². The minimum Gasteiger partial charge on any atom is -0.486 e. The van der Waals surface area contributed by atoms with Gasteiger partial charge in [0, 0.05) is 23.3 Å². The molecule has 5 rings (SSSR count). The van der Waals surface area contributed by atoms with E-state index in [0.29, 0.717) is 25.0 Å². The van der Waals surface area contributed by atoms with Crippen LogP contribution in [0.15, 0.2) is 61.3 Å². The van der Waals surface area contributed by atoms with Crippen molar-refractivity contribution >= 4 is 28.2 Å². The maximum atomic E-state index is 12.9. The zero-order valence-corrected chi connectivity index (χ0v) is 18.1. The van der Waals surface area contributed by atoms with Crippen molar-refractivity contribution < 1.29 is 22.7 Å². The largest absolute Gasteiger partial charge is 0.486 e. The SMILES string of the molecule is Cc1ccc(C(=O)Nc2cncc(C(F)(F)F)c2)cc1OC1CN(c2cncc3[nH]ccc23)C1. The molecule has 1 aromatic carbocycles. The normalized spacial score (nSPS) is 14.2. The van der Waals surface area contributed by atoms with Crippen LogP contribution in [0.4, 0.5) is 24.5 Å². The molecule has 34 heavy (non-hydrogen) atoms. The van der Waals surface area contributed by atoms with Crippen molar-refractivity contribution in [2.75, 3.05) is 23.3 Å². The summed E-state index contributed by atoms with van der Waals surface area (Å²) in [6, 6.07) is 7.80. The first-order valence-electron chi connectivity index (χ1n) is 10.5. The maximum absolute atomic E-state index is 12.9. The van der Waals surface area contributed by atoms with E-state index >= 15 is 0 Å². The molecule has 1 fully saturated rings. The first-order valence-corrected chi connectivity index (χ1v) is 10.5. The predicted molar refractivity (Wildman–Crippen MR) is 121 cm³/mol. The minimum absolute atomic E-state index is 0.0370. The van der Waals surface area contributed by atoms with Gasteiger partial charge >= 0.3 is 6.18 Å². The van der Waals surface area contributed by atoms with Gasteiger partial charge in [-0.05, 0) is 36.8 Å². The van der Waals surface area contributed by atoms with Gasteiger partial charge in [-0.1, -0.05) is 6.07 Å². The Morgan fingerprint density at radius 2 is 1.91 bits per heavy atom. The number of aromatic amines is 1. The number of fused-ring (bicyclic) bond motifs is 1. The van der Waals surface area contributed by atoms with E-state index in [1.54, 1.807) is 24.4 Å². The van der Waals surface area contributed by atoms with E-state index in [9.17, 15) is 18.0 Å². The van der Waals surface area contributed by atoms with Crippen molar-refractivity contribution in [3.63, 3.8) is 0 Å². The highest BCUT2D eigenvalue weighted by Crippen LogP contribution is 2.32. The number of alkyl halides is 3. The molecular weight excluding hydrogens is 447 g/mol. The van der Waals surface area contributed by atoms with E-state index in [-0.39, 0.29) is 17.4 Å². The summed E-state index contributed by atoms with van der Waals surface area (Å²) < 4.78 is 44.8. The fraction of sp³-hybridized carbons (Fsp3) is 0.208. The molecule has 4 heterocycles. The second kappa shape index (κ2) is 8.36. The van der Waals surface area contributed by atoms with Gasteiger partial charge in [0.25, 0.3) is 5.91 Å². The predicted octanol–water partition coefficient (Wildman–Crippen LogP) is 4.81. The van der Waals surface area contributed by atoms with Crippen LogP contribution >= 0.6 is 0 Å². The van der Waals surface area contributed by atoms with E-state index in [0.717, 1.165) is 28.2 Å². The molecule has 0 spiro atoms. The summed E-state index contributed by atoms with van der Waals surface area (Å²) in [6.07, 6.45) is 2.74. The lowest BCUT2D eigenvalue weighted by Gasteiger charge is -2.41. The summed E-state index contributed by atoms with van der Waals surface area (Å²) in [5.74, 6) is 0.00358. The highest BCUT2D eigenvalue weighted by atomic mass is 19.4. The lowest BCUT2D eigenvalue weighted by atomic mass is 10.1. The van der Waals surface area contributed by atoms with Crippen molar-refractivity contribution in [1.82, 2.24) is 15.0 Å². The molecule has 7 nitrogen and oxygen atoms in total. The van der Waals surface area contributed by atoms with Crippen LogP contribution in [0, 0.1) is 6.92 Å². The molecule has 0 atom stereocenters. The molecule has 10 heteroatoms. The van der Waals surface area contributed by atoms with E-state index < -0.39 is 17.6 Å². The number of benzene rings is 1. The van der Waals surface area contributed by atoms with Crippen LogP contribution in [-0.4, -0.2) is 40.1 Å². The van der Waals surface area contributed by atoms with E-state index in [2.05, 4.69) is 25.2 Å². The van der Waals surface area contributed by atoms with Gasteiger partial charge in [0.15, 0.2) is 0 Å². The van der Waals surface area contributed by atoms with Gasteiger partial charge < -0.3 is 19.9 Å². The number of carbonyl (C=O) groups is 1. The average Bonchev–Trinajstić information content (AvgIpc) is 3.26. The number of ether oxygens (including phenoxy) is 1. The average molecular weight is 467 g/mol. The molecule has 0 aliphatic carbocycles. The summed E-state index contributed by atoms with van der Waals surface area (Å²) in [5.41, 5.74) is 2.15. The van der Waals surface area contributed by atoms with Gasteiger partial charge in [-0.2, -0.15) is 13.2 Å². The number of H-pyrrole nitrogens is 1. The summed E-state index contributed by atoms with van der Waals surface area (Å²) >= 11 is 0. The molecule has 2 N–H and O–H groups in total. The Kier molecular flexibility index (Phi) is 5.35. The fourth-order valence-corrected chi connectivity index (χ4v) is 3.84. The van der Waals surface area contributed by atoms with Crippen LogP contribution in [0.25, 0.3) is 10.9 Å². The van der Waals surface area contributed by atoms with E-state index in [1.165, 1.54) is 6.20 Å². The van der Waals surface area contributed by atoms with Gasteiger partial charge in [0.1, 0.15) is 11.9 Å². The van der Waals surface area contributed by atoms with Gasteiger partial charge in [0.2, 0.25) is 0 Å². The quantitative estimate of drug-likeness (QED) is 0.440. The number of carbonyl (C=O) groups excluding carboxylic acids is 1. The van der Waals surface area contributed by atoms with Crippen molar-refractivity contribution in [2.45, 2.75) is 19.2 Å².